The summed E-state index contributed by atoms with van der Waals surface area (Å²) in [7, 11) is 0. The number of nitrogens with one attached hydrogen (secondary N) is 3. The first-order valence-corrected chi connectivity index (χ1v) is 18.5. The number of imide groups is 2. The zero-order chi connectivity index (χ0) is 38.3. The van der Waals surface area contributed by atoms with Crippen molar-refractivity contribution in [3.8, 4) is 5.88 Å². The number of hydrogen-bond acceptors (Lipinski definition) is 9. The third-order valence-electron chi connectivity index (χ3n) is 11.1. The maximum absolute atomic E-state index is 15.3. The van der Waals surface area contributed by atoms with Crippen LogP contribution in [0.2, 0.25) is 0 Å². The van der Waals surface area contributed by atoms with Gasteiger partial charge in [0.1, 0.15) is 12.1 Å². The number of likely N-dealkylation sites (tertiary alicyclic amines) is 1. The number of piperidine rings is 2. The summed E-state index contributed by atoms with van der Waals surface area (Å²) in [6, 6.07) is 17.1. The Kier molecular flexibility index (Phi) is 9.71. The average Bonchev–Trinajstić information content (AvgIpc) is 3.91. The number of alkyl halides is 2. The van der Waals surface area contributed by atoms with Gasteiger partial charge in [-0.05, 0) is 86.9 Å². The zero-order valence-corrected chi connectivity index (χ0v) is 29.8. The first-order chi connectivity index (χ1) is 26.5. The van der Waals surface area contributed by atoms with E-state index in [9.17, 15) is 24.0 Å². The van der Waals surface area contributed by atoms with Crippen molar-refractivity contribution in [2.24, 2.45) is 0 Å². The maximum Gasteiger partial charge on any atom is 0.350 e. The third kappa shape index (κ3) is 7.35. The molecule has 4 aromatic rings. The average molecular weight is 752 g/mol. The molecule has 3 aliphatic heterocycles. The largest absolute Gasteiger partial charge is 0.474 e. The Labute approximate surface area is 314 Å². The van der Waals surface area contributed by atoms with E-state index in [1.807, 2.05) is 18.2 Å². The first kappa shape index (κ1) is 36.2. The lowest BCUT2D eigenvalue weighted by Crippen LogP contribution is -2.54. The fourth-order valence-corrected chi connectivity index (χ4v) is 8.10. The molecule has 2 saturated heterocycles. The minimum absolute atomic E-state index is 0.0269. The van der Waals surface area contributed by atoms with Gasteiger partial charge in [-0.15, -0.1) is 0 Å². The number of aromatic nitrogens is 3. The summed E-state index contributed by atoms with van der Waals surface area (Å²) in [5.41, 5.74) is 2.59. The topological polar surface area (TPSA) is 167 Å². The van der Waals surface area contributed by atoms with E-state index >= 15 is 8.78 Å². The van der Waals surface area contributed by atoms with Gasteiger partial charge in [-0.25, -0.2) is 4.98 Å². The van der Waals surface area contributed by atoms with Gasteiger partial charge in [0.2, 0.25) is 17.7 Å². The van der Waals surface area contributed by atoms with Crippen molar-refractivity contribution < 1.29 is 37.5 Å². The van der Waals surface area contributed by atoms with E-state index in [1.165, 1.54) is 12.1 Å². The number of aromatic amines is 1. The predicted molar refractivity (Wildman–Crippen MR) is 193 cm³/mol. The summed E-state index contributed by atoms with van der Waals surface area (Å²) in [5.74, 6) is -6.58. The Morgan fingerprint density at radius 2 is 1.67 bits per heavy atom. The molecule has 4 aliphatic rings. The minimum atomic E-state index is -3.79. The standard InChI is InChI=1S/C40H39F2N7O6/c41-40(42,39(54)44-33-21-31(46-47-33)26-6-10-28(19-26)55-35-3-1-2-16-43-35)27-8-4-23(5-9-27)22-48-17-14-24(15-18-48)25-7-11-29-30(20-25)38(53)49(37(29)52)32-12-13-34(50)45-36(32)51/h1-5,7-9,11,16,20-21,24,26,28,32H,6,10,12-15,17-19,22H2,(H,45,50,51)(H2,44,46,47,54)/t26-,28+,32?/m0/s1. The summed E-state index contributed by atoms with van der Waals surface area (Å²) in [4.78, 5) is 70.5. The molecule has 15 heteroatoms. The van der Waals surface area contributed by atoms with Gasteiger partial charge in [-0.3, -0.25) is 44.2 Å². The Balaban J connectivity index is 0.822. The summed E-state index contributed by atoms with van der Waals surface area (Å²) >= 11 is 0. The van der Waals surface area contributed by atoms with Gasteiger partial charge in [-0.1, -0.05) is 36.4 Å². The van der Waals surface area contributed by atoms with Crippen molar-refractivity contribution in [3.05, 3.63) is 106 Å². The minimum Gasteiger partial charge on any atom is -0.474 e. The Bertz CT molecular complexity index is 2130. The van der Waals surface area contributed by atoms with Crippen molar-refractivity contribution in [2.75, 3.05) is 18.4 Å². The molecule has 5 amide bonds. The molecule has 8 rings (SSSR count). The Morgan fingerprint density at radius 1 is 0.891 bits per heavy atom. The van der Waals surface area contributed by atoms with Crippen LogP contribution in [0.5, 0.6) is 5.88 Å². The fourth-order valence-electron chi connectivity index (χ4n) is 8.10. The van der Waals surface area contributed by atoms with Crippen molar-refractivity contribution in [3.63, 3.8) is 0 Å². The van der Waals surface area contributed by atoms with E-state index in [0.717, 1.165) is 60.5 Å². The second kappa shape index (κ2) is 14.8. The van der Waals surface area contributed by atoms with E-state index in [0.29, 0.717) is 18.8 Å². The molecule has 3 atom stereocenters. The van der Waals surface area contributed by atoms with Gasteiger partial charge in [-0.2, -0.15) is 13.9 Å². The molecule has 0 bridgehead atoms. The molecule has 13 nitrogen and oxygen atoms in total. The molecule has 1 saturated carbocycles. The number of hydrogen-bond donors (Lipinski definition) is 3. The highest BCUT2D eigenvalue weighted by atomic mass is 19.3. The molecule has 1 unspecified atom stereocenters. The van der Waals surface area contributed by atoms with Crippen molar-refractivity contribution >= 4 is 35.4 Å². The highest BCUT2D eigenvalue weighted by Gasteiger charge is 2.45. The summed E-state index contributed by atoms with van der Waals surface area (Å²) in [6.45, 7) is 1.98. The molecule has 2 aromatic carbocycles. The number of pyridine rings is 1. The van der Waals surface area contributed by atoms with E-state index in [-0.39, 0.29) is 47.7 Å². The van der Waals surface area contributed by atoms with Crippen LogP contribution < -0.4 is 15.4 Å². The Morgan fingerprint density at radius 3 is 2.42 bits per heavy atom. The molecule has 55 heavy (non-hydrogen) atoms. The number of halogens is 2. The molecule has 3 N–H and O–H groups in total. The molecule has 284 valence electrons. The van der Waals surface area contributed by atoms with Gasteiger partial charge in [0.05, 0.1) is 11.1 Å². The molecule has 5 heterocycles. The quantitative estimate of drug-likeness (QED) is 0.189. The van der Waals surface area contributed by atoms with Crippen molar-refractivity contribution in [1.82, 2.24) is 30.3 Å². The number of H-pyrrole nitrogens is 1. The fraction of sp³-hybridized carbons (Fsp3) is 0.375. The normalized spacial score (nSPS) is 22.1. The molecule has 3 fully saturated rings. The van der Waals surface area contributed by atoms with Gasteiger partial charge >= 0.3 is 11.8 Å². The van der Waals surface area contributed by atoms with Crippen LogP contribution in [0.1, 0.15) is 99.9 Å². The monoisotopic (exact) mass is 751 g/mol. The van der Waals surface area contributed by atoms with Gasteiger partial charge in [0.15, 0.2) is 5.82 Å². The number of amides is 5. The van der Waals surface area contributed by atoms with E-state index in [4.69, 9.17) is 4.74 Å². The molecular formula is C40H39F2N7O6. The van der Waals surface area contributed by atoms with Crippen LogP contribution >= 0.6 is 0 Å². The predicted octanol–water partition coefficient (Wildman–Crippen LogP) is 5.03. The van der Waals surface area contributed by atoms with Crippen LogP contribution in [0.15, 0.2) is 72.9 Å². The molecular weight excluding hydrogens is 712 g/mol. The molecule has 0 radical (unpaired) electrons. The van der Waals surface area contributed by atoms with Gasteiger partial charge in [0, 0.05) is 48.5 Å². The van der Waals surface area contributed by atoms with Crippen LogP contribution in [0, 0.1) is 0 Å². The zero-order valence-electron chi connectivity index (χ0n) is 29.8. The number of nitrogens with zero attached hydrogens (tertiary/aromatic N) is 4. The number of rotatable bonds is 10. The number of anilines is 1. The first-order valence-electron chi connectivity index (χ1n) is 18.5. The lowest BCUT2D eigenvalue weighted by molar-refractivity contribution is -0.141. The molecule has 2 aromatic heterocycles. The molecule has 1 aliphatic carbocycles. The van der Waals surface area contributed by atoms with Crippen LogP contribution in [-0.2, 0) is 26.9 Å². The van der Waals surface area contributed by atoms with Crippen molar-refractivity contribution in [2.45, 2.75) is 81.4 Å². The number of ether oxygens (including phenoxy) is 1. The van der Waals surface area contributed by atoms with Gasteiger partial charge in [0.25, 0.3) is 11.8 Å². The SMILES string of the molecule is O=C1CCC(N2C(=O)c3ccc(C4CCN(Cc5ccc(C(F)(F)C(=O)Nc6cc([C@H]7CC[C@@H](Oc8ccccn8)C7)[nH]n6)cc5)CC4)cc3C2=O)C(=O)N1. The van der Waals surface area contributed by atoms with Crippen LogP contribution in [0.3, 0.4) is 0 Å². The Hall–Kier alpha value is -5.83. The summed E-state index contributed by atoms with van der Waals surface area (Å²) in [5, 5.41) is 11.4. The third-order valence-corrected chi connectivity index (χ3v) is 11.1. The van der Waals surface area contributed by atoms with E-state index in [1.54, 1.807) is 42.6 Å². The van der Waals surface area contributed by atoms with Crippen LogP contribution in [-0.4, -0.2) is 79.8 Å². The number of fused-ring (bicyclic) bond motifs is 1. The number of benzene rings is 2. The van der Waals surface area contributed by atoms with E-state index < -0.39 is 47.1 Å². The second-order valence-electron chi connectivity index (χ2n) is 14.7. The number of carbonyl (C=O) groups is 5. The summed E-state index contributed by atoms with van der Waals surface area (Å²) < 4.78 is 36.6. The van der Waals surface area contributed by atoms with E-state index in [2.05, 4.69) is 30.7 Å². The lowest BCUT2D eigenvalue weighted by Gasteiger charge is -2.32. The summed E-state index contributed by atoms with van der Waals surface area (Å²) in [6.07, 6.45) is 5.70. The smallest absolute Gasteiger partial charge is 0.350 e. The van der Waals surface area contributed by atoms with Crippen molar-refractivity contribution in [1.29, 1.82) is 0 Å². The number of carbonyl (C=O) groups excluding carboxylic acids is 5. The molecule has 0 spiro atoms. The van der Waals surface area contributed by atoms with Gasteiger partial charge < -0.3 is 10.1 Å². The highest BCUT2D eigenvalue weighted by Crippen LogP contribution is 2.37. The van der Waals surface area contributed by atoms with Crippen LogP contribution in [0.25, 0.3) is 0 Å². The highest BCUT2D eigenvalue weighted by molar-refractivity contribution is 6.23. The van der Waals surface area contributed by atoms with Crippen LogP contribution in [0.4, 0.5) is 14.6 Å². The maximum atomic E-state index is 15.3. The lowest BCUT2D eigenvalue weighted by atomic mass is 9.87. The second-order valence-corrected chi connectivity index (χ2v) is 14.7.